The lowest BCUT2D eigenvalue weighted by molar-refractivity contribution is -0.142. The number of hydrogen-bond donors (Lipinski definition) is 1. The lowest BCUT2D eigenvalue weighted by Gasteiger charge is -2.29. The second-order valence-electron chi connectivity index (χ2n) is 7.79. The van der Waals surface area contributed by atoms with Crippen molar-refractivity contribution in [3.05, 3.63) is 65.2 Å². The van der Waals surface area contributed by atoms with Gasteiger partial charge in [-0.3, -0.25) is 9.59 Å². The molecular weight excluding hydrogens is 376 g/mol. The molecule has 0 spiro atoms. The Labute approximate surface area is 180 Å². The molecule has 0 heterocycles. The van der Waals surface area contributed by atoms with Crippen molar-refractivity contribution in [2.45, 2.75) is 66.1 Å². The number of amides is 2. The van der Waals surface area contributed by atoms with Crippen molar-refractivity contribution in [2.75, 3.05) is 6.61 Å². The van der Waals surface area contributed by atoms with Crippen LogP contribution in [-0.4, -0.2) is 35.4 Å². The summed E-state index contributed by atoms with van der Waals surface area (Å²) in [6.45, 7) is 10.1. The molecule has 0 aliphatic heterocycles. The summed E-state index contributed by atoms with van der Waals surface area (Å²) in [4.78, 5) is 27.4. The highest BCUT2D eigenvalue weighted by Gasteiger charge is 2.27. The van der Waals surface area contributed by atoms with E-state index in [-0.39, 0.29) is 24.5 Å². The number of nitrogens with one attached hydrogen (secondary N) is 1. The fourth-order valence-electron chi connectivity index (χ4n) is 3.10. The summed E-state index contributed by atoms with van der Waals surface area (Å²) in [5, 5.41) is 2.97. The van der Waals surface area contributed by atoms with Gasteiger partial charge in [-0.2, -0.15) is 0 Å². The van der Waals surface area contributed by atoms with Crippen LogP contribution in [0, 0.1) is 6.92 Å². The molecule has 5 nitrogen and oxygen atoms in total. The molecule has 0 saturated heterocycles. The zero-order chi connectivity index (χ0) is 22.1. The number of carbonyl (C=O) groups is 2. The minimum Gasteiger partial charge on any atom is -0.484 e. The highest BCUT2D eigenvalue weighted by molar-refractivity contribution is 5.88. The van der Waals surface area contributed by atoms with Crippen molar-refractivity contribution in [2.24, 2.45) is 0 Å². The Hall–Kier alpha value is -2.82. The van der Waals surface area contributed by atoms with Crippen molar-refractivity contribution < 1.29 is 14.3 Å². The van der Waals surface area contributed by atoms with Crippen molar-refractivity contribution >= 4 is 11.8 Å². The molecule has 0 unspecified atom stereocenters. The van der Waals surface area contributed by atoms with Crippen LogP contribution in [0.2, 0.25) is 0 Å². The van der Waals surface area contributed by atoms with Crippen LogP contribution in [0.5, 0.6) is 5.75 Å². The fraction of sp³-hybridized carbons (Fsp3) is 0.440. The molecule has 1 N–H and O–H groups in total. The Bertz CT molecular complexity index is 833. The molecule has 5 heteroatoms. The largest absolute Gasteiger partial charge is 0.484 e. The molecule has 2 rings (SSSR count). The molecule has 0 aromatic heterocycles. The molecule has 0 aliphatic rings. The first-order valence-corrected chi connectivity index (χ1v) is 10.7. The van der Waals surface area contributed by atoms with Crippen LogP contribution < -0.4 is 10.1 Å². The predicted molar refractivity (Wildman–Crippen MR) is 120 cm³/mol. The van der Waals surface area contributed by atoms with Gasteiger partial charge in [0.25, 0.3) is 5.91 Å². The van der Waals surface area contributed by atoms with E-state index in [1.54, 1.807) is 11.8 Å². The smallest absolute Gasteiger partial charge is 0.261 e. The maximum absolute atomic E-state index is 13.1. The molecule has 2 aromatic rings. The van der Waals surface area contributed by atoms with Gasteiger partial charge in [0.1, 0.15) is 11.8 Å². The molecular formula is C25H34N2O3. The van der Waals surface area contributed by atoms with Gasteiger partial charge in [-0.1, -0.05) is 55.8 Å². The predicted octanol–water partition coefficient (Wildman–Crippen LogP) is 4.27. The lowest BCUT2D eigenvalue weighted by atomic mass is 10.1. The lowest BCUT2D eigenvalue weighted by Crippen LogP contribution is -2.50. The van der Waals surface area contributed by atoms with Gasteiger partial charge in [0.15, 0.2) is 6.61 Å². The van der Waals surface area contributed by atoms with E-state index in [2.05, 4.69) is 12.2 Å². The summed E-state index contributed by atoms with van der Waals surface area (Å²) in [5.41, 5.74) is 3.31. The fourth-order valence-corrected chi connectivity index (χ4v) is 3.10. The second kappa shape index (κ2) is 11.4. The van der Waals surface area contributed by atoms with Crippen molar-refractivity contribution in [1.29, 1.82) is 0 Å². The molecule has 30 heavy (non-hydrogen) atoms. The van der Waals surface area contributed by atoms with Crippen molar-refractivity contribution in [3.8, 4) is 5.75 Å². The first-order chi connectivity index (χ1) is 14.3. The van der Waals surface area contributed by atoms with Crippen molar-refractivity contribution in [1.82, 2.24) is 10.2 Å². The van der Waals surface area contributed by atoms with E-state index in [1.807, 2.05) is 69.3 Å². The third-order valence-electron chi connectivity index (χ3n) is 5.30. The van der Waals surface area contributed by atoms with Gasteiger partial charge in [-0.15, -0.1) is 0 Å². The van der Waals surface area contributed by atoms with Gasteiger partial charge in [0.2, 0.25) is 5.91 Å². The molecule has 0 fully saturated rings. The highest BCUT2D eigenvalue weighted by atomic mass is 16.5. The molecule has 2 aromatic carbocycles. The van der Waals surface area contributed by atoms with Crippen molar-refractivity contribution in [3.63, 3.8) is 0 Å². The summed E-state index contributed by atoms with van der Waals surface area (Å²) in [5.74, 6) is 0.272. The number of ether oxygens (including phenoxy) is 1. The van der Waals surface area contributed by atoms with E-state index >= 15 is 0 Å². The topological polar surface area (TPSA) is 58.6 Å². The third-order valence-corrected chi connectivity index (χ3v) is 5.30. The maximum Gasteiger partial charge on any atom is 0.261 e. The molecule has 0 saturated carbocycles. The third kappa shape index (κ3) is 6.90. The van der Waals surface area contributed by atoms with E-state index in [1.165, 1.54) is 5.56 Å². The van der Waals surface area contributed by atoms with Gasteiger partial charge in [0.05, 0.1) is 0 Å². The Morgan fingerprint density at radius 1 is 1.03 bits per heavy atom. The molecule has 2 amide bonds. The van der Waals surface area contributed by atoms with Crippen LogP contribution in [0.25, 0.3) is 0 Å². The van der Waals surface area contributed by atoms with Crippen LogP contribution in [0.3, 0.4) is 0 Å². The average molecular weight is 411 g/mol. The first-order valence-electron chi connectivity index (χ1n) is 10.7. The van der Waals surface area contributed by atoms with Gasteiger partial charge >= 0.3 is 0 Å². The number of benzene rings is 2. The molecule has 0 bridgehead atoms. The van der Waals surface area contributed by atoms with Gasteiger partial charge in [-0.05, 0) is 56.9 Å². The molecule has 0 radical (unpaired) electrons. The number of hydrogen-bond acceptors (Lipinski definition) is 3. The monoisotopic (exact) mass is 410 g/mol. The van der Waals surface area contributed by atoms with E-state index in [0.717, 1.165) is 24.0 Å². The van der Waals surface area contributed by atoms with Gasteiger partial charge in [-0.25, -0.2) is 0 Å². The standard InChI is InChI=1S/C25H34N2O3/c1-6-19(4)26-25(29)20(5)27(16-22-10-8-9-18(3)15-22)24(28)17-30-23-13-11-21(7-2)12-14-23/h8-15,19-20H,6-7,16-17H2,1-5H3,(H,26,29)/t19-,20-/m1/s1. The van der Waals surface area contributed by atoms with Crippen LogP contribution >= 0.6 is 0 Å². The number of aryl methyl sites for hydroxylation is 2. The summed E-state index contributed by atoms with van der Waals surface area (Å²) in [6.07, 6.45) is 1.79. The molecule has 0 aliphatic carbocycles. The molecule has 2 atom stereocenters. The molecule has 162 valence electrons. The first kappa shape index (κ1) is 23.5. The average Bonchev–Trinajstić information content (AvgIpc) is 2.75. The maximum atomic E-state index is 13.1. The number of carbonyl (C=O) groups excluding carboxylic acids is 2. The van der Waals surface area contributed by atoms with Crippen LogP contribution in [0.1, 0.15) is 50.8 Å². The SMILES string of the molecule is CCc1ccc(OCC(=O)N(Cc2cccc(C)c2)[C@H](C)C(=O)N[C@H](C)CC)cc1. The summed E-state index contributed by atoms with van der Waals surface area (Å²) in [7, 11) is 0. The quantitative estimate of drug-likeness (QED) is 0.636. The van der Waals surface area contributed by atoms with E-state index in [0.29, 0.717) is 12.3 Å². The van der Waals surface area contributed by atoms with Crippen LogP contribution in [0.4, 0.5) is 0 Å². The summed E-state index contributed by atoms with van der Waals surface area (Å²) in [6, 6.07) is 15.2. The second-order valence-corrected chi connectivity index (χ2v) is 7.79. The Kier molecular flexibility index (Phi) is 8.90. The normalized spacial score (nSPS) is 12.7. The van der Waals surface area contributed by atoms with E-state index in [9.17, 15) is 9.59 Å². The van der Waals surface area contributed by atoms with Gasteiger partial charge < -0.3 is 15.0 Å². The van der Waals surface area contributed by atoms with E-state index < -0.39 is 6.04 Å². The van der Waals surface area contributed by atoms with Crippen LogP contribution in [-0.2, 0) is 22.6 Å². The number of nitrogens with zero attached hydrogens (tertiary/aromatic N) is 1. The highest BCUT2D eigenvalue weighted by Crippen LogP contribution is 2.15. The minimum absolute atomic E-state index is 0.0594. The number of rotatable bonds is 10. The Balaban J connectivity index is 2.13. The summed E-state index contributed by atoms with van der Waals surface area (Å²) >= 11 is 0. The minimum atomic E-state index is -0.599. The van der Waals surface area contributed by atoms with E-state index in [4.69, 9.17) is 4.74 Å². The van der Waals surface area contributed by atoms with Gasteiger partial charge in [0, 0.05) is 12.6 Å². The zero-order valence-corrected chi connectivity index (χ0v) is 18.8. The Morgan fingerprint density at radius 3 is 2.33 bits per heavy atom. The summed E-state index contributed by atoms with van der Waals surface area (Å²) < 4.78 is 5.72. The van der Waals surface area contributed by atoms with Crippen LogP contribution in [0.15, 0.2) is 48.5 Å². The zero-order valence-electron chi connectivity index (χ0n) is 18.8. The Morgan fingerprint density at radius 2 is 1.73 bits per heavy atom.